The molecule has 1 fully saturated rings. The van der Waals surface area contributed by atoms with E-state index in [0.29, 0.717) is 6.54 Å². The van der Waals surface area contributed by atoms with Crippen molar-refractivity contribution in [2.24, 2.45) is 0 Å². The summed E-state index contributed by atoms with van der Waals surface area (Å²) in [6.07, 6.45) is 1.97. The van der Waals surface area contributed by atoms with Crippen LogP contribution in [0, 0.1) is 11.3 Å². The monoisotopic (exact) mass is 266 g/mol. The average Bonchev–Trinajstić information content (AvgIpc) is 2.36. The Bertz CT molecular complexity index is 316. The molecule has 0 bridgehead atoms. The molecule has 1 rings (SSSR count). The van der Waals surface area contributed by atoms with Crippen molar-refractivity contribution in [2.45, 2.75) is 45.7 Å². The van der Waals surface area contributed by atoms with Crippen LogP contribution in [0.3, 0.4) is 0 Å². The Morgan fingerprint density at radius 2 is 1.95 bits per heavy atom. The van der Waals surface area contributed by atoms with Gasteiger partial charge in [-0.25, -0.2) is 0 Å². The molecule has 0 aromatic heterocycles. The number of hydrogen-bond acceptors (Lipinski definition) is 4. The van der Waals surface area contributed by atoms with Crippen molar-refractivity contribution in [1.29, 1.82) is 5.26 Å². The highest BCUT2D eigenvalue weighted by atomic mass is 16.2. The summed E-state index contributed by atoms with van der Waals surface area (Å²) in [6, 6.07) is 2.62. The highest BCUT2D eigenvalue weighted by molar-refractivity contribution is 5.78. The third kappa shape index (κ3) is 5.58. The van der Waals surface area contributed by atoms with E-state index >= 15 is 0 Å². The highest BCUT2D eigenvalue weighted by Gasteiger charge is 2.24. The Hall–Kier alpha value is -1.12. The molecule has 0 aromatic carbocycles. The first-order valence-electron chi connectivity index (χ1n) is 7.22. The lowest BCUT2D eigenvalue weighted by Gasteiger charge is -2.36. The molecule has 0 spiro atoms. The maximum atomic E-state index is 11.7. The van der Waals surface area contributed by atoms with Gasteiger partial charge in [0.25, 0.3) is 0 Å². The van der Waals surface area contributed by atoms with Crippen LogP contribution in [0.15, 0.2) is 0 Å². The van der Waals surface area contributed by atoms with E-state index < -0.39 is 0 Å². The maximum Gasteiger partial charge on any atom is 0.234 e. The smallest absolute Gasteiger partial charge is 0.234 e. The summed E-state index contributed by atoms with van der Waals surface area (Å²) < 4.78 is 0. The molecular formula is C14H26N4O. The van der Waals surface area contributed by atoms with Crippen LogP contribution in [0.25, 0.3) is 0 Å². The predicted molar refractivity (Wildman–Crippen MR) is 75.6 cm³/mol. The van der Waals surface area contributed by atoms with Crippen LogP contribution in [-0.2, 0) is 4.79 Å². The van der Waals surface area contributed by atoms with Crippen molar-refractivity contribution in [2.75, 3.05) is 32.7 Å². The minimum atomic E-state index is 0.0386. The molecule has 1 aliphatic rings. The number of rotatable bonds is 6. The van der Waals surface area contributed by atoms with Crippen LogP contribution < -0.4 is 5.32 Å². The van der Waals surface area contributed by atoms with Gasteiger partial charge in [-0.1, -0.05) is 13.3 Å². The average molecular weight is 266 g/mol. The van der Waals surface area contributed by atoms with Crippen LogP contribution >= 0.6 is 0 Å². The summed E-state index contributed by atoms with van der Waals surface area (Å²) in [5.74, 6) is 0.0915. The zero-order valence-corrected chi connectivity index (χ0v) is 12.4. The van der Waals surface area contributed by atoms with Crippen LogP contribution in [-0.4, -0.2) is 60.5 Å². The fourth-order valence-electron chi connectivity index (χ4n) is 2.41. The zero-order valence-electron chi connectivity index (χ0n) is 12.4. The number of nitrogens with zero attached hydrogens (tertiary/aromatic N) is 3. The van der Waals surface area contributed by atoms with Crippen LogP contribution in [0.5, 0.6) is 0 Å². The fraction of sp³-hybridized carbons (Fsp3) is 0.857. The minimum Gasteiger partial charge on any atom is -0.353 e. The molecule has 5 heteroatoms. The number of nitrogens with one attached hydrogen (secondary N) is 1. The second-order valence-corrected chi connectivity index (χ2v) is 5.47. The van der Waals surface area contributed by atoms with Crippen molar-refractivity contribution in [3.63, 3.8) is 0 Å². The van der Waals surface area contributed by atoms with Gasteiger partial charge in [-0.3, -0.25) is 14.6 Å². The van der Waals surface area contributed by atoms with Crippen molar-refractivity contribution in [3.05, 3.63) is 0 Å². The molecule has 108 valence electrons. The molecule has 1 atom stereocenters. The molecular weight excluding hydrogens is 240 g/mol. The second-order valence-electron chi connectivity index (χ2n) is 5.47. The molecule has 1 amide bonds. The van der Waals surface area contributed by atoms with E-state index in [1.165, 1.54) is 0 Å². The van der Waals surface area contributed by atoms with E-state index in [4.69, 9.17) is 5.26 Å². The molecule has 1 N–H and O–H groups in total. The molecule has 1 aliphatic heterocycles. The Kier molecular flexibility index (Phi) is 6.82. The highest BCUT2D eigenvalue weighted by Crippen LogP contribution is 2.10. The standard InChI is InChI=1S/C14H26N4O/c1-4-5-13(10-15)18-8-6-17(7-9-18)11-14(19)16-12(2)3/h12-13H,4-9,11H2,1-3H3,(H,16,19). The van der Waals surface area contributed by atoms with E-state index in [1.807, 2.05) is 13.8 Å². The number of carbonyl (C=O) groups excluding carboxylic acids is 1. The van der Waals surface area contributed by atoms with Crippen LogP contribution in [0.4, 0.5) is 0 Å². The third-order valence-corrected chi connectivity index (χ3v) is 3.38. The molecule has 0 saturated carbocycles. The molecule has 1 saturated heterocycles. The summed E-state index contributed by atoms with van der Waals surface area (Å²) in [5, 5.41) is 12.1. The topological polar surface area (TPSA) is 59.4 Å². The van der Waals surface area contributed by atoms with Crippen LogP contribution in [0.1, 0.15) is 33.6 Å². The maximum absolute atomic E-state index is 11.7. The SMILES string of the molecule is CCCC(C#N)N1CCN(CC(=O)NC(C)C)CC1. The summed E-state index contributed by atoms with van der Waals surface area (Å²) in [6.45, 7) is 10.0. The van der Waals surface area contributed by atoms with Gasteiger partial charge in [-0.05, 0) is 20.3 Å². The summed E-state index contributed by atoms with van der Waals surface area (Å²) in [5.41, 5.74) is 0. The normalized spacial score (nSPS) is 19.1. The first-order valence-corrected chi connectivity index (χ1v) is 7.22. The van der Waals surface area contributed by atoms with E-state index in [2.05, 4.69) is 28.1 Å². The van der Waals surface area contributed by atoms with E-state index in [0.717, 1.165) is 39.0 Å². The van der Waals surface area contributed by atoms with Crippen molar-refractivity contribution in [1.82, 2.24) is 15.1 Å². The molecule has 1 unspecified atom stereocenters. The number of nitriles is 1. The predicted octanol–water partition coefficient (Wildman–Crippen LogP) is 0.821. The molecule has 0 aromatic rings. The lowest BCUT2D eigenvalue weighted by atomic mass is 10.1. The van der Waals surface area contributed by atoms with Gasteiger partial charge in [0.1, 0.15) is 0 Å². The summed E-state index contributed by atoms with van der Waals surface area (Å²) in [4.78, 5) is 16.1. The molecule has 19 heavy (non-hydrogen) atoms. The Morgan fingerprint density at radius 3 is 2.42 bits per heavy atom. The fourth-order valence-corrected chi connectivity index (χ4v) is 2.41. The Balaban J connectivity index is 2.32. The Morgan fingerprint density at radius 1 is 1.32 bits per heavy atom. The van der Waals surface area contributed by atoms with Crippen molar-refractivity contribution >= 4 is 5.91 Å². The second kappa shape index (κ2) is 8.13. The molecule has 5 nitrogen and oxygen atoms in total. The number of carbonyl (C=O) groups is 1. The first-order chi connectivity index (χ1) is 9.06. The molecule has 0 aliphatic carbocycles. The minimum absolute atomic E-state index is 0.0386. The molecule has 1 heterocycles. The lowest BCUT2D eigenvalue weighted by Crippen LogP contribution is -2.52. The van der Waals surface area contributed by atoms with Gasteiger partial charge in [-0.2, -0.15) is 5.26 Å². The van der Waals surface area contributed by atoms with Crippen molar-refractivity contribution in [3.8, 4) is 6.07 Å². The first kappa shape index (κ1) is 15.9. The lowest BCUT2D eigenvalue weighted by molar-refractivity contribution is -0.123. The molecule has 0 radical (unpaired) electrons. The van der Waals surface area contributed by atoms with Gasteiger partial charge in [0, 0.05) is 32.2 Å². The summed E-state index contributed by atoms with van der Waals surface area (Å²) >= 11 is 0. The number of hydrogen-bond donors (Lipinski definition) is 1. The van der Waals surface area contributed by atoms with Crippen LogP contribution in [0.2, 0.25) is 0 Å². The van der Waals surface area contributed by atoms with Gasteiger partial charge in [0.2, 0.25) is 5.91 Å². The number of amides is 1. The van der Waals surface area contributed by atoms with Gasteiger partial charge in [0.05, 0.1) is 18.7 Å². The van der Waals surface area contributed by atoms with E-state index in [1.54, 1.807) is 0 Å². The summed E-state index contributed by atoms with van der Waals surface area (Å²) in [7, 11) is 0. The van der Waals surface area contributed by atoms with Gasteiger partial charge >= 0.3 is 0 Å². The zero-order chi connectivity index (χ0) is 14.3. The van der Waals surface area contributed by atoms with Crippen molar-refractivity contribution < 1.29 is 4.79 Å². The third-order valence-electron chi connectivity index (χ3n) is 3.38. The largest absolute Gasteiger partial charge is 0.353 e. The van der Waals surface area contributed by atoms with Gasteiger partial charge < -0.3 is 5.32 Å². The van der Waals surface area contributed by atoms with Gasteiger partial charge in [-0.15, -0.1) is 0 Å². The Labute approximate surface area is 116 Å². The van der Waals surface area contributed by atoms with E-state index in [-0.39, 0.29) is 18.0 Å². The quantitative estimate of drug-likeness (QED) is 0.773. The number of piperazine rings is 1. The van der Waals surface area contributed by atoms with E-state index in [9.17, 15) is 4.79 Å². The van der Waals surface area contributed by atoms with Gasteiger partial charge in [0.15, 0.2) is 0 Å².